The minimum Gasteiger partial charge on any atom is -0.491 e. The average Bonchev–Trinajstić information content (AvgIpc) is 3.09. The van der Waals surface area contributed by atoms with Crippen molar-refractivity contribution in [3.63, 3.8) is 0 Å². The van der Waals surface area contributed by atoms with Gasteiger partial charge in [-0.3, -0.25) is 4.79 Å². The Morgan fingerprint density at radius 3 is 2.83 bits per heavy atom. The molecule has 1 unspecified atom stereocenters. The summed E-state index contributed by atoms with van der Waals surface area (Å²) in [6, 6.07) is 14.1. The molecule has 1 aliphatic heterocycles. The fourth-order valence-corrected chi connectivity index (χ4v) is 2.55. The van der Waals surface area contributed by atoms with E-state index < -0.39 is 0 Å². The number of ether oxygens (including phenoxy) is 2. The van der Waals surface area contributed by atoms with E-state index in [9.17, 15) is 4.79 Å². The molecular formula is C18H18ClNO3. The Morgan fingerprint density at radius 2 is 2.09 bits per heavy atom. The number of amides is 1. The summed E-state index contributed by atoms with van der Waals surface area (Å²) in [5.41, 5.74) is 1.25. The smallest absolute Gasteiger partial charge is 0.255 e. The molecule has 120 valence electrons. The van der Waals surface area contributed by atoms with Gasteiger partial charge in [0, 0.05) is 22.9 Å². The second-order valence-corrected chi connectivity index (χ2v) is 5.87. The summed E-state index contributed by atoms with van der Waals surface area (Å²) in [7, 11) is 0. The van der Waals surface area contributed by atoms with Crippen molar-refractivity contribution in [1.82, 2.24) is 0 Å². The van der Waals surface area contributed by atoms with Gasteiger partial charge in [-0.25, -0.2) is 0 Å². The summed E-state index contributed by atoms with van der Waals surface area (Å²) >= 11 is 5.84. The molecule has 0 radical (unpaired) electrons. The Morgan fingerprint density at radius 1 is 1.26 bits per heavy atom. The first kappa shape index (κ1) is 15.8. The highest BCUT2D eigenvalue weighted by Crippen LogP contribution is 2.19. The minimum atomic E-state index is -0.185. The molecule has 5 heteroatoms. The van der Waals surface area contributed by atoms with Gasteiger partial charge in [0.15, 0.2) is 0 Å². The largest absolute Gasteiger partial charge is 0.491 e. The lowest BCUT2D eigenvalue weighted by Crippen LogP contribution is -2.17. The van der Waals surface area contributed by atoms with Crippen LogP contribution in [-0.4, -0.2) is 25.2 Å². The van der Waals surface area contributed by atoms with Crippen molar-refractivity contribution in [1.29, 1.82) is 0 Å². The average molecular weight is 332 g/mol. The maximum Gasteiger partial charge on any atom is 0.255 e. The lowest BCUT2D eigenvalue weighted by molar-refractivity contribution is 0.0679. The monoisotopic (exact) mass is 331 g/mol. The predicted octanol–water partition coefficient (Wildman–Crippen LogP) is 4.15. The van der Waals surface area contributed by atoms with Crippen LogP contribution in [0.15, 0.2) is 48.5 Å². The fourth-order valence-electron chi connectivity index (χ4n) is 2.43. The zero-order valence-electron chi connectivity index (χ0n) is 12.6. The van der Waals surface area contributed by atoms with Crippen LogP contribution in [0.3, 0.4) is 0 Å². The van der Waals surface area contributed by atoms with Gasteiger partial charge in [-0.2, -0.15) is 0 Å². The number of hydrogen-bond acceptors (Lipinski definition) is 3. The summed E-state index contributed by atoms with van der Waals surface area (Å²) in [6.45, 7) is 1.32. The van der Waals surface area contributed by atoms with Gasteiger partial charge in [-0.1, -0.05) is 17.7 Å². The maximum absolute atomic E-state index is 12.3. The second-order valence-electron chi connectivity index (χ2n) is 5.43. The van der Waals surface area contributed by atoms with Crippen LogP contribution < -0.4 is 10.1 Å². The Bertz CT molecular complexity index is 666. The van der Waals surface area contributed by atoms with Crippen molar-refractivity contribution in [3.8, 4) is 5.75 Å². The number of rotatable bonds is 5. The molecule has 1 heterocycles. The lowest BCUT2D eigenvalue weighted by Gasteiger charge is -2.12. The van der Waals surface area contributed by atoms with E-state index in [0.29, 0.717) is 28.6 Å². The Balaban J connectivity index is 1.61. The molecular weight excluding hydrogens is 314 g/mol. The first-order valence-electron chi connectivity index (χ1n) is 7.62. The van der Waals surface area contributed by atoms with E-state index in [0.717, 1.165) is 19.4 Å². The number of nitrogens with one attached hydrogen (secondary N) is 1. The van der Waals surface area contributed by atoms with Crippen LogP contribution >= 0.6 is 11.6 Å². The number of hydrogen-bond donors (Lipinski definition) is 1. The molecule has 0 aliphatic carbocycles. The molecule has 0 bridgehead atoms. The van der Waals surface area contributed by atoms with Gasteiger partial charge in [0.25, 0.3) is 5.91 Å². The minimum absolute atomic E-state index is 0.154. The summed E-state index contributed by atoms with van der Waals surface area (Å²) in [5, 5.41) is 3.46. The zero-order valence-corrected chi connectivity index (χ0v) is 13.4. The van der Waals surface area contributed by atoms with Gasteiger partial charge < -0.3 is 14.8 Å². The third kappa shape index (κ3) is 4.47. The van der Waals surface area contributed by atoms with Crippen molar-refractivity contribution < 1.29 is 14.3 Å². The van der Waals surface area contributed by atoms with E-state index in [4.69, 9.17) is 21.1 Å². The van der Waals surface area contributed by atoms with E-state index in [-0.39, 0.29) is 12.0 Å². The molecule has 1 aliphatic rings. The van der Waals surface area contributed by atoms with Crippen LogP contribution in [-0.2, 0) is 4.74 Å². The van der Waals surface area contributed by atoms with Gasteiger partial charge in [-0.15, -0.1) is 0 Å². The Labute approximate surface area is 140 Å². The predicted molar refractivity (Wildman–Crippen MR) is 90.3 cm³/mol. The second kappa shape index (κ2) is 7.49. The van der Waals surface area contributed by atoms with Gasteiger partial charge in [0.2, 0.25) is 0 Å². The van der Waals surface area contributed by atoms with Gasteiger partial charge in [0.05, 0.1) is 6.10 Å². The van der Waals surface area contributed by atoms with Crippen LogP contribution in [0.5, 0.6) is 5.75 Å². The molecule has 3 rings (SSSR count). The molecule has 1 fully saturated rings. The number of halogens is 1. The molecule has 1 amide bonds. The fraction of sp³-hybridized carbons (Fsp3) is 0.278. The number of benzene rings is 2. The number of carbonyl (C=O) groups is 1. The summed E-state index contributed by atoms with van der Waals surface area (Å²) in [5.74, 6) is 0.485. The topological polar surface area (TPSA) is 47.6 Å². The van der Waals surface area contributed by atoms with Crippen molar-refractivity contribution in [2.45, 2.75) is 18.9 Å². The van der Waals surface area contributed by atoms with Crippen molar-refractivity contribution in [2.24, 2.45) is 0 Å². The molecule has 23 heavy (non-hydrogen) atoms. The molecule has 0 saturated carbocycles. The molecule has 2 aromatic carbocycles. The summed E-state index contributed by atoms with van der Waals surface area (Å²) in [4.78, 5) is 12.3. The molecule has 0 aromatic heterocycles. The van der Waals surface area contributed by atoms with E-state index in [2.05, 4.69) is 5.32 Å². The third-order valence-electron chi connectivity index (χ3n) is 3.66. The van der Waals surface area contributed by atoms with E-state index in [1.165, 1.54) is 0 Å². The van der Waals surface area contributed by atoms with E-state index >= 15 is 0 Å². The van der Waals surface area contributed by atoms with Crippen molar-refractivity contribution >= 4 is 23.2 Å². The Hall–Kier alpha value is -2.04. The molecule has 1 N–H and O–H groups in total. The molecule has 1 atom stereocenters. The standard InChI is InChI=1S/C18H18ClNO3/c19-14-6-8-15(9-7-14)20-18(21)13-3-1-4-16(11-13)23-12-17-5-2-10-22-17/h1,3-4,6-9,11,17H,2,5,10,12H2,(H,20,21). The highest BCUT2D eigenvalue weighted by molar-refractivity contribution is 6.30. The summed E-state index contributed by atoms with van der Waals surface area (Å²) < 4.78 is 11.3. The van der Waals surface area contributed by atoms with Crippen molar-refractivity contribution in [2.75, 3.05) is 18.5 Å². The highest BCUT2D eigenvalue weighted by Gasteiger charge is 2.16. The normalized spacial score (nSPS) is 17.0. The number of carbonyl (C=O) groups excluding carboxylic acids is 1. The lowest BCUT2D eigenvalue weighted by atomic mass is 10.2. The van der Waals surface area contributed by atoms with Gasteiger partial charge in [-0.05, 0) is 55.3 Å². The summed E-state index contributed by atoms with van der Waals surface area (Å²) in [6.07, 6.45) is 2.26. The van der Waals surface area contributed by atoms with Crippen LogP contribution in [0.2, 0.25) is 5.02 Å². The molecule has 0 spiro atoms. The number of anilines is 1. The van der Waals surface area contributed by atoms with Gasteiger partial charge in [0.1, 0.15) is 12.4 Å². The highest BCUT2D eigenvalue weighted by atomic mass is 35.5. The molecule has 1 saturated heterocycles. The first-order valence-corrected chi connectivity index (χ1v) is 8.00. The first-order chi connectivity index (χ1) is 11.2. The van der Waals surface area contributed by atoms with Crippen LogP contribution in [0, 0.1) is 0 Å². The molecule has 2 aromatic rings. The zero-order chi connectivity index (χ0) is 16.1. The maximum atomic E-state index is 12.3. The van der Waals surface area contributed by atoms with Crippen LogP contribution in [0.4, 0.5) is 5.69 Å². The van der Waals surface area contributed by atoms with E-state index in [1.54, 1.807) is 36.4 Å². The van der Waals surface area contributed by atoms with Crippen LogP contribution in [0.25, 0.3) is 0 Å². The third-order valence-corrected chi connectivity index (χ3v) is 3.91. The van der Waals surface area contributed by atoms with E-state index in [1.807, 2.05) is 12.1 Å². The van der Waals surface area contributed by atoms with Crippen molar-refractivity contribution in [3.05, 3.63) is 59.1 Å². The quantitative estimate of drug-likeness (QED) is 0.895. The SMILES string of the molecule is O=C(Nc1ccc(Cl)cc1)c1cccc(OCC2CCCO2)c1. The van der Waals surface area contributed by atoms with Crippen LogP contribution in [0.1, 0.15) is 23.2 Å². The molecule has 4 nitrogen and oxygen atoms in total. The van der Waals surface area contributed by atoms with Gasteiger partial charge >= 0.3 is 0 Å². The Kier molecular flexibility index (Phi) is 5.16.